The smallest absolute Gasteiger partial charge is 0.278 e. The molecule has 1 fully saturated rings. The molecule has 2 aromatic carbocycles. The van der Waals surface area contributed by atoms with Crippen LogP contribution in [0.4, 0.5) is 5.69 Å². The summed E-state index contributed by atoms with van der Waals surface area (Å²) in [5, 5.41) is 11.9. The van der Waals surface area contributed by atoms with Gasteiger partial charge in [-0.2, -0.15) is 0 Å². The van der Waals surface area contributed by atoms with E-state index in [1.165, 1.54) is 10.5 Å². The Kier molecular flexibility index (Phi) is 5.45. The van der Waals surface area contributed by atoms with Gasteiger partial charge < -0.3 is 9.80 Å². The molecule has 0 unspecified atom stereocenters. The van der Waals surface area contributed by atoms with Gasteiger partial charge in [-0.3, -0.25) is 10.1 Å². The normalized spacial score (nSPS) is 20.7. The van der Waals surface area contributed by atoms with Crippen LogP contribution in [0.3, 0.4) is 0 Å². The van der Waals surface area contributed by atoms with Crippen LogP contribution in [0, 0.1) is 10.1 Å². The number of nitrogens with one attached hydrogen (secondary N) is 2. The standard InChI is InChI=1S/C18H20ClN3O2/c19-17-7-5-15(6-8-17)13-20-9-11-21(12-10-20)14-16-3-1-2-4-18(16)22(23)24/h1-8H,9-14H2/p+2. The van der Waals surface area contributed by atoms with Crippen molar-refractivity contribution in [1.82, 2.24) is 0 Å². The minimum absolute atomic E-state index is 0.237. The highest BCUT2D eigenvalue weighted by Crippen LogP contribution is 2.16. The molecule has 5 nitrogen and oxygen atoms in total. The van der Waals surface area contributed by atoms with Crippen LogP contribution in [0.2, 0.25) is 5.02 Å². The van der Waals surface area contributed by atoms with Crippen LogP contribution in [-0.4, -0.2) is 31.1 Å². The van der Waals surface area contributed by atoms with E-state index in [2.05, 4.69) is 12.1 Å². The van der Waals surface area contributed by atoms with Crippen molar-refractivity contribution in [1.29, 1.82) is 0 Å². The number of benzene rings is 2. The van der Waals surface area contributed by atoms with E-state index >= 15 is 0 Å². The van der Waals surface area contributed by atoms with E-state index in [4.69, 9.17) is 11.6 Å². The first kappa shape index (κ1) is 16.9. The highest BCUT2D eigenvalue weighted by Gasteiger charge is 2.25. The van der Waals surface area contributed by atoms with Gasteiger partial charge in [-0.25, -0.2) is 0 Å². The molecule has 2 aromatic rings. The minimum atomic E-state index is -0.281. The Labute approximate surface area is 146 Å². The number of hydrogen-bond donors (Lipinski definition) is 2. The molecule has 0 aliphatic carbocycles. The Morgan fingerprint density at radius 1 is 0.917 bits per heavy atom. The molecule has 0 atom stereocenters. The molecule has 0 radical (unpaired) electrons. The molecule has 0 spiro atoms. The van der Waals surface area contributed by atoms with Gasteiger partial charge >= 0.3 is 0 Å². The first-order valence-electron chi connectivity index (χ1n) is 8.25. The van der Waals surface area contributed by atoms with Crippen molar-refractivity contribution in [3.05, 3.63) is 74.8 Å². The Morgan fingerprint density at radius 2 is 1.50 bits per heavy atom. The molecule has 3 rings (SSSR count). The third kappa shape index (κ3) is 4.32. The van der Waals surface area contributed by atoms with E-state index in [0.29, 0.717) is 0 Å². The minimum Gasteiger partial charge on any atom is -0.322 e. The van der Waals surface area contributed by atoms with Gasteiger partial charge in [-0.05, 0) is 18.2 Å². The van der Waals surface area contributed by atoms with E-state index < -0.39 is 0 Å². The highest BCUT2D eigenvalue weighted by atomic mass is 35.5. The van der Waals surface area contributed by atoms with Crippen molar-refractivity contribution in [3.8, 4) is 0 Å². The van der Waals surface area contributed by atoms with Crippen LogP contribution in [0.1, 0.15) is 11.1 Å². The van der Waals surface area contributed by atoms with Crippen molar-refractivity contribution in [3.63, 3.8) is 0 Å². The van der Waals surface area contributed by atoms with Crippen LogP contribution in [0.25, 0.3) is 0 Å². The van der Waals surface area contributed by atoms with Gasteiger partial charge in [0, 0.05) is 16.7 Å². The SMILES string of the molecule is O=[N+]([O-])c1ccccc1C[NH+]1CC[NH+](Cc2ccc(Cl)cc2)CC1. The highest BCUT2D eigenvalue weighted by molar-refractivity contribution is 6.30. The fraction of sp³-hybridized carbons (Fsp3) is 0.333. The van der Waals surface area contributed by atoms with E-state index in [-0.39, 0.29) is 10.6 Å². The topological polar surface area (TPSA) is 52.0 Å². The summed E-state index contributed by atoms with van der Waals surface area (Å²) in [6.45, 7) is 5.97. The van der Waals surface area contributed by atoms with E-state index in [0.717, 1.165) is 49.9 Å². The zero-order valence-corrected chi connectivity index (χ0v) is 14.3. The average Bonchev–Trinajstić information content (AvgIpc) is 2.59. The molecule has 0 amide bonds. The first-order chi connectivity index (χ1) is 11.6. The number of nitro benzene ring substituents is 1. The van der Waals surface area contributed by atoms with Gasteiger partial charge in [0.25, 0.3) is 5.69 Å². The predicted octanol–water partition coefficient (Wildman–Crippen LogP) is 0.732. The Balaban J connectivity index is 1.54. The maximum Gasteiger partial charge on any atom is 0.278 e. The molecule has 0 aromatic heterocycles. The lowest BCUT2D eigenvalue weighted by Crippen LogP contribution is -3.27. The number of nitrogens with zero attached hydrogens (tertiary/aromatic N) is 1. The molecule has 2 N–H and O–H groups in total. The number of hydrogen-bond acceptors (Lipinski definition) is 2. The number of halogens is 1. The monoisotopic (exact) mass is 347 g/mol. The summed E-state index contributed by atoms with van der Waals surface area (Å²) in [6, 6.07) is 15.1. The summed E-state index contributed by atoms with van der Waals surface area (Å²) in [5.74, 6) is 0. The van der Waals surface area contributed by atoms with Crippen LogP contribution in [-0.2, 0) is 13.1 Å². The first-order valence-corrected chi connectivity index (χ1v) is 8.63. The summed E-state index contributed by atoms with van der Waals surface area (Å²) >= 11 is 5.93. The number of quaternary nitrogens is 2. The van der Waals surface area contributed by atoms with E-state index in [9.17, 15) is 10.1 Å². The van der Waals surface area contributed by atoms with E-state index in [1.807, 2.05) is 24.3 Å². The summed E-state index contributed by atoms with van der Waals surface area (Å²) in [7, 11) is 0. The van der Waals surface area contributed by atoms with Crippen LogP contribution in [0.15, 0.2) is 48.5 Å². The molecular weight excluding hydrogens is 326 g/mol. The van der Waals surface area contributed by atoms with Crippen LogP contribution >= 0.6 is 11.6 Å². The van der Waals surface area contributed by atoms with Gasteiger partial charge in [-0.15, -0.1) is 0 Å². The average molecular weight is 348 g/mol. The molecule has 1 aliphatic rings. The molecular formula is C18H22ClN3O2+2. The van der Waals surface area contributed by atoms with Gasteiger partial charge in [0.1, 0.15) is 39.3 Å². The molecule has 0 saturated carbocycles. The molecule has 0 bridgehead atoms. The number of para-hydroxylation sites is 1. The van der Waals surface area contributed by atoms with Crippen molar-refractivity contribution in [2.75, 3.05) is 26.2 Å². The van der Waals surface area contributed by atoms with E-state index in [1.54, 1.807) is 17.0 Å². The van der Waals surface area contributed by atoms with Gasteiger partial charge in [0.15, 0.2) is 0 Å². The molecule has 1 aliphatic heterocycles. The van der Waals surface area contributed by atoms with Crippen molar-refractivity contribution in [2.24, 2.45) is 0 Å². The maximum atomic E-state index is 11.1. The summed E-state index contributed by atoms with van der Waals surface area (Å²) < 4.78 is 0. The lowest BCUT2D eigenvalue weighted by Gasteiger charge is -2.29. The van der Waals surface area contributed by atoms with Crippen molar-refractivity contribution < 1.29 is 14.7 Å². The second-order valence-electron chi connectivity index (χ2n) is 6.37. The Bertz CT molecular complexity index is 698. The van der Waals surface area contributed by atoms with Crippen LogP contribution in [0.5, 0.6) is 0 Å². The maximum absolute atomic E-state index is 11.1. The Hall–Kier alpha value is -1.95. The van der Waals surface area contributed by atoms with Crippen LogP contribution < -0.4 is 9.80 Å². The second-order valence-corrected chi connectivity index (χ2v) is 6.80. The predicted molar refractivity (Wildman–Crippen MR) is 93.3 cm³/mol. The summed E-state index contributed by atoms with van der Waals surface area (Å²) in [5.41, 5.74) is 2.37. The summed E-state index contributed by atoms with van der Waals surface area (Å²) in [6.07, 6.45) is 0. The lowest BCUT2D eigenvalue weighted by atomic mass is 10.1. The summed E-state index contributed by atoms with van der Waals surface area (Å²) in [4.78, 5) is 13.8. The molecule has 1 heterocycles. The van der Waals surface area contributed by atoms with Gasteiger partial charge in [0.2, 0.25) is 0 Å². The quantitative estimate of drug-likeness (QED) is 0.619. The van der Waals surface area contributed by atoms with Crippen molar-refractivity contribution in [2.45, 2.75) is 13.1 Å². The fourth-order valence-electron chi connectivity index (χ4n) is 3.31. The molecule has 126 valence electrons. The van der Waals surface area contributed by atoms with Crippen molar-refractivity contribution >= 4 is 17.3 Å². The number of nitro groups is 1. The number of piperazine rings is 1. The fourth-order valence-corrected chi connectivity index (χ4v) is 3.44. The second kappa shape index (κ2) is 7.75. The zero-order chi connectivity index (χ0) is 16.9. The molecule has 24 heavy (non-hydrogen) atoms. The van der Waals surface area contributed by atoms with Gasteiger partial charge in [-0.1, -0.05) is 35.9 Å². The Morgan fingerprint density at radius 3 is 2.12 bits per heavy atom. The largest absolute Gasteiger partial charge is 0.322 e. The molecule has 6 heteroatoms. The lowest BCUT2D eigenvalue weighted by molar-refractivity contribution is -1.02. The third-order valence-electron chi connectivity index (χ3n) is 4.66. The third-order valence-corrected chi connectivity index (χ3v) is 4.91. The van der Waals surface area contributed by atoms with Gasteiger partial charge in [0.05, 0.1) is 10.5 Å². The zero-order valence-electron chi connectivity index (χ0n) is 13.5. The number of rotatable bonds is 5. The molecule has 1 saturated heterocycles.